The second-order valence-corrected chi connectivity index (χ2v) is 4.57. The van der Waals surface area contributed by atoms with Crippen molar-refractivity contribution in [3.8, 4) is 11.5 Å². The monoisotopic (exact) mass is 270 g/mol. The third-order valence-electron chi connectivity index (χ3n) is 2.87. The summed E-state index contributed by atoms with van der Waals surface area (Å²) in [6.45, 7) is 4.07. The van der Waals surface area contributed by atoms with Gasteiger partial charge in [-0.25, -0.2) is 0 Å². The van der Waals surface area contributed by atoms with E-state index in [-0.39, 0.29) is 6.10 Å². The Morgan fingerprint density at radius 3 is 2.94 bits per heavy atom. The van der Waals surface area contributed by atoms with Crippen LogP contribution in [0, 0.1) is 0 Å². The summed E-state index contributed by atoms with van der Waals surface area (Å²) in [4.78, 5) is 0. The number of rotatable bonds is 5. The zero-order chi connectivity index (χ0) is 12.8. The number of hydrogen-bond acceptors (Lipinski definition) is 3. The van der Waals surface area contributed by atoms with Gasteiger partial charge in [-0.15, -0.1) is 11.6 Å². The molecule has 0 saturated carbocycles. The van der Waals surface area contributed by atoms with E-state index in [1.165, 1.54) is 0 Å². The molecule has 1 heterocycles. The lowest BCUT2D eigenvalue weighted by atomic mass is 10.1. The van der Waals surface area contributed by atoms with Gasteiger partial charge in [0.15, 0.2) is 11.5 Å². The van der Waals surface area contributed by atoms with E-state index < -0.39 is 0 Å². The summed E-state index contributed by atoms with van der Waals surface area (Å²) in [5, 5.41) is 0. The number of ether oxygens (including phenoxy) is 3. The molecule has 2 rings (SSSR count). The van der Waals surface area contributed by atoms with Gasteiger partial charge in [0, 0.05) is 12.5 Å². The molecule has 0 aromatic heterocycles. The number of benzene rings is 1. The van der Waals surface area contributed by atoms with E-state index in [1.54, 1.807) is 0 Å². The summed E-state index contributed by atoms with van der Waals surface area (Å²) in [7, 11) is 0. The smallest absolute Gasteiger partial charge is 0.161 e. The maximum atomic E-state index is 5.95. The molecule has 1 fully saturated rings. The largest absolute Gasteiger partial charge is 0.490 e. The van der Waals surface area contributed by atoms with Crippen molar-refractivity contribution >= 4 is 11.6 Å². The topological polar surface area (TPSA) is 27.7 Å². The minimum atomic E-state index is 0.125. The van der Waals surface area contributed by atoms with Crippen LogP contribution in [0.3, 0.4) is 0 Å². The minimum Gasteiger partial charge on any atom is -0.490 e. The van der Waals surface area contributed by atoms with Gasteiger partial charge in [-0.05, 0) is 37.5 Å². The first-order valence-electron chi connectivity index (χ1n) is 6.39. The van der Waals surface area contributed by atoms with Gasteiger partial charge < -0.3 is 14.2 Å². The second kappa shape index (κ2) is 6.86. The molecular weight excluding hydrogens is 252 g/mol. The van der Waals surface area contributed by atoms with Crippen molar-refractivity contribution in [1.29, 1.82) is 0 Å². The van der Waals surface area contributed by atoms with Crippen molar-refractivity contribution in [3.05, 3.63) is 23.8 Å². The molecule has 0 amide bonds. The van der Waals surface area contributed by atoms with Crippen LogP contribution < -0.4 is 9.47 Å². The maximum absolute atomic E-state index is 5.95. The standard InChI is InChI=1S/C14H19ClO3/c1-2-17-14-8-11(9-15)5-6-13(14)18-12-4-3-7-16-10-12/h5-6,8,12H,2-4,7,9-10H2,1H3. The van der Waals surface area contributed by atoms with Crippen LogP contribution in [-0.4, -0.2) is 25.9 Å². The van der Waals surface area contributed by atoms with Crippen LogP contribution in [0.15, 0.2) is 18.2 Å². The number of alkyl halides is 1. The molecule has 1 atom stereocenters. The average Bonchev–Trinajstić information content (AvgIpc) is 2.42. The molecule has 1 saturated heterocycles. The van der Waals surface area contributed by atoms with Gasteiger partial charge in [0.25, 0.3) is 0 Å². The third kappa shape index (κ3) is 3.53. The molecule has 1 unspecified atom stereocenters. The van der Waals surface area contributed by atoms with E-state index in [2.05, 4.69) is 0 Å². The molecule has 1 aliphatic heterocycles. The predicted molar refractivity (Wildman–Crippen MR) is 71.6 cm³/mol. The van der Waals surface area contributed by atoms with E-state index in [9.17, 15) is 0 Å². The second-order valence-electron chi connectivity index (χ2n) is 4.30. The van der Waals surface area contributed by atoms with Gasteiger partial charge in [0.2, 0.25) is 0 Å². The van der Waals surface area contributed by atoms with Crippen LogP contribution in [0.2, 0.25) is 0 Å². The lowest BCUT2D eigenvalue weighted by molar-refractivity contribution is 0.00624. The van der Waals surface area contributed by atoms with Crippen molar-refractivity contribution in [2.75, 3.05) is 19.8 Å². The molecule has 0 radical (unpaired) electrons. The zero-order valence-corrected chi connectivity index (χ0v) is 11.4. The van der Waals surface area contributed by atoms with Crippen LogP contribution >= 0.6 is 11.6 Å². The lowest BCUT2D eigenvalue weighted by Crippen LogP contribution is -2.28. The molecule has 4 heteroatoms. The molecule has 1 aromatic carbocycles. The first-order chi connectivity index (χ1) is 8.83. The van der Waals surface area contributed by atoms with Crippen LogP contribution in [0.4, 0.5) is 0 Å². The lowest BCUT2D eigenvalue weighted by Gasteiger charge is -2.24. The summed E-state index contributed by atoms with van der Waals surface area (Å²) in [6, 6.07) is 5.83. The van der Waals surface area contributed by atoms with E-state index >= 15 is 0 Å². The highest BCUT2D eigenvalue weighted by Crippen LogP contribution is 2.31. The Morgan fingerprint density at radius 1 is 1.39 bits per heavy atom. The Hall–Kier alpha value is -0.930. The first-order valence-corrected chi connectivity index (χ1v) is 6.93. The third-order valence-corrected chi connectivity index (χ3v) is 3.18. The van der Waals surface area contributed by atoms with Gasteiger partial charge in [-0.2, -0.15) is 0 Å². The summed E-state index contributed by atoms with van der Waals surface area (Å²) in [5.41, 5.74) is 1.03. The molecule has 1 aliphatic rings. The number of hydrogen-bond donors (Lipinski definition) is 0. The Balaban J connectivity index is 2.09. The molecule has 0 aliphatic carbocycles. The fourth-order valence-corrected chi connectivity index (χ4v) is 2.15. The highest BCUT2D eigenvalue weighted by Gasteiger charge is 2.17. The highest BCUT2D eigenvalue weighted by molar-refractivity contribution is 6.17. The van der Waals surface area contributed by atoms with Crippen LogP contribution in [0.25, 0.3) is 0 Å². The van der Waals surface area contributed by atoms with Gasteiger partial charge in [-0.1, -0.05) is 6.07 Å². The fourth-order valence-electron chi connectivity index (χ4n) is 1.98. The molecule has 18 heavy (non-hydrogen) atoms. The van der Waals surface area contributed by atoms with Crippen LogP contribution in [0.5, 0.6) is 11.5 Å². The quantitative estimate of drug-likeness (QED) is 0.768. The van der Waals surface area contributed by atoms with Gasteiger partial charge in [0.1, 0.15) is 6.10 Å². The molecule has 0 N–H and O–H groups in total. The highest BCUT2D eigenvalue weighted by atomic mass is 35.5. The van der Waals surface area contributed by atoms with E-state index in [4.69, 9.17) is 25.8 Å². The van der Waals surface area contributed by atoms with Crippen molar-refractivity contribution in [3.63, 3.8) is 0 Å². The Morgan fingerprint density at radius 2 is 2.28 bits per heavy atom. The molecular formula is C14H19ClO3. The summed E-state index contributed by atoms with van der Waals surface area (Å²) in [5.74, 6) is 2.02. The molecule has 100 valence electrons. The van der Waals surface area contributed by atoms with E-state index in [0.717, 1.165) is 36.5 Å². The molecule has 0 bridgehead atoms. The van der Waals surface area contributed by atoms with E-state index in [1.807, 2.05) is 25.1 Å². The average molecular weight is 271 g/mol. The van der Waals surface area contributed by atoms with Gasteiger partial charge in [-0.3, -0.25) is 0 Å². The summed E-state index contributed by atoms with van der Waals surface area (Å²) >= 11 is 5.83. The SMILES string of the molecule is CCOc1cc(CCl)ccc1OC1CCCOC1. The molecule has 0 spiro atoms. The number of halogens is 1. The fraction of sp³-hybridized carbons (Fsp3) is 0.571. The van der Waals surface area contributed by atoms with Gasteiger partial charge >= 0.3 is 0 Å². The van der Waals surface area contributed by atoms with Crippen LogP contribution in [-0.2, 0) is 10.6 Å². The minimum absolute atomic E-state index is 0.125. The van der Waals surface area contributed by atoms with Crippen LogP contribution in [0.1, 0.15) is 25.3 Å². The Labute approximate surface area is 113 Å². The van der Waals surface area contributed by atoms with Crippen molar-refractivity contribution in [2.45, 2.75) is 31.7 Å². The molecule has 1 aromatic rings. The molecule has 3 nitrogen and oxygen atoms in total. The summed E-state index contributed by atoms with van der Waals surface area (Å²) in [6.07, 6.45) is 2.21. The zero-order valence-electron chi connectivity index (χ0n) is 10.7. The predicted octanol–water partition coefficient (Wildman–Crippen LogP) is 3.38. The Kier molecular flexibility index (Phi) is 5.14. The van der Waals surface area contributed by atoms with Crippen molar-refractivity contribution < 1.29 is 14.2 Å². The Bertz CT molecular complexity index is 375. The first kappa shape index (κ1) is 13.5. The van der Waals surface area contributed by atoms with Gasteiger partial charge in [0.05, 0.1) is 13.2 Å². The van der Waals surface area contributed by atoms with Crippen molar-refractivity contribution in [1.82, 2.24) is 0 Å². The van der Waals surface area contributed by atoms with E-state index in [0.29, 0.717) is 19.1 Å². The normalized spacial score (nSPS) is 19.6. The summed E-state index contributed by atoms with van der Waals surface area (Å²) < 4.78 is 17.0. The maximum Gasteiger partial charge on any atom is 0.161 e. The van der Waals surface area contributed by atoms with Crippen molar-refractivity contribution in [2.24, 2.45) is 0 Å².